The van der Waals surface area contributed by atoms with E-state index in [-0.39, 0.29) is 6.29 Å². The van der Waals surface area contributed by atoms with E-state index in [0.717, 1.165) is 31.8 Å². The number of hydrogen-bond donors (Lipinski definition) is 0. The quantitative estimate of drug-likeness (QED) is 0.821. The molecule has 3 nitrogen and oxygen atoms in total. The van der Waals surface area contributed by atoms with Crippen molar-refractivity contribution >= 4 is 0 Å². The molecule has 1 heterocycles. The van der Waals surface area contributed by atoms with E-state index in [4.69, 9.17) is 14.2 Å². The molecule has 0 unspecified atom stereocenters. The molecule has 3 heteroatoms. The highest BCUT2D eigenvalue weighted by atomic mass is 16.7. The lowest BCUT2D eigenvalue weighted by atomic mass is 10.1. The maximum absolute atomic E-state index is 5.84. The SMILES string of the molecule is Cc1cc(C)c(C)c(OCCC2OCCCO2)c1. The molecule has 0 atom stereocenters. The Kier molecular flexibility index (Phi) is 4.61. The topological polar surface area (TPSA) is 27.7 Å². The van der Waals surface area contributed by atoms with Gasteiger partial charge in [0.05, 0.1) is 19.8 Å². The number of hydrogen-bond acceptors (Lipinski definition) is 3. The van der Waals surface area contributed by atoms with Crippen LogP contribution in [0.15, 0.2) is 12.1 Å². The summed E-state index contributed by atoms with van der Waals surface area (Å²) in [4.78, 5) is 0. The molecule has 1 aliphatic heterocycles. The zero-order valence-corrected chi connectivity index (χ0v) is 11.5. The van der Waals surface area contributed by atoms with Gasteiger partial charge in [0.1, 0.15) is 5.75 Å². The van der Waals surface area contributed by atoms with Crippen LogP contribution in [0.1, 0.15) is 29.5 Å². The van der Waals surface area contributed by atoms with Gasteiger partial charge in [0, 0.05) is 6.42 Å². The van der Waals surface area contributed by atoms with Gasteiger partial charge >= 0.3 is 0 Å². The Morgan fingerprint density at radius 2 is 1.89 bits per heavy atom. The molecule has 0 aliphatic carbocycles. The molecule has 1 aliphatic rings. The van der Waals surface area contributed by atoms with E-state index in [1.165, 1.54) is 16.7 Å². The van der Waals surface area contributed by atoms with Crippen LogP contribution in [0.3, 0.4) is 0 Å². The Hall–Kier alpha value is -1.06. The van der Waals surface area contributed by atoms with Gasteiger partial charge in [-0.1, -0.05) is 6.07 Å². The van der Waals surface area contributed by atoms with E-state index in [0.29, 0.717) is 6.61 Å². The van der Waals surface area contributed by atoms with Gasteiger partial charge in [-0.2, -0.15) is 0 Å². The Balaban J connectivity index is 1.86. The predicted molar refractivity (Wildman–Crippen MR) is 71.1 cm³/mol. The first-order valence-electron chi connectivity index (χ1n) is 6.60. The molecule has 0 N–H and O–H groups in total. The van der Waals surface area contributed by atoms with Gasteiger partial charge in [-0.05, 0) is 49.9 Å². The smallest absolute Gasteiger partial charge is 0.160 e. The summed E-state index contributed by atoms with van der Waals surface area (Å²) >= 11 is 0. The van der Waals surface area contributed by atoms with Crippen molar-refractivity contribution in [2.45, 2.75) is 39.9 Å². The van der Waals surface area contributed by atoms with E-state index < -0.39 is 0 Å². The summed E-state index contributed by atoms with van der Waals surface area (Å²) < 4.78 is 16.8. The molecule has 0 saturated carbocycles. The van der Waals surface area contributed by atoms with Gasteiger partial charge in [-0.25, -0.2) is 0 Å². The molecule has 1 saturated heterocycles. The van der Waals surface area contributed by atoms with Crippen molar-refractivity contribution in [2.75, 3.05) is 19.8 Å². The molecule has 0 amide bonds. The maximum atomic E-state index is 5.84. The van der Waals surface area contributed by atoms with E-state index in [1.54, 1.807) is 0 Å². The van der Waals surface area contributed by atoms with E-state index in [1.807, 2.05) is 0 Å². The molecule has 0 bridgehead atoms. The third-order valence-electron chi connectivity index (χ3n) is 3.27. The van der Waals surface area contributed by atoms with Crippen LogP contribution in [0.5, 0.6) is 5.75 Å². The van der Waals surface area contributed by atoms with Crippen molar-refractivity contribution in [3.05, 3.63) is 28.8 Å². The first-order valence-corrected chi connectivity index (χ1v) is 6.60. The zero-order valence-electron chi connectivity index (χ0n) is 11.5. The van der Waals surface area contributed by atoms with Crippen molar-refractivity contribution in [1.29, 1.82) is 0 Å². The van der Waals surface area contributed by atoms with Crippen LogP contribution < -0.4 is 4.74 Å². The Bertz CT molecular complexity index is 395. The fraction of sp³-hybridized carbons (Fsp3) is 0.600. The van der Waals surface area contributed by atoms with Crippen molar-refractivity contribution in [1.82, 2.24) is 0 Å². The average molecular weight is 250 g/mol. The van der Waals surface area contributed by atoms with Gasteiger partial charge in [-0.15, -0.1) is 0 Å². The first kappa shape index (κ1) is 13.4. The molecule has 1 fully saturated rings. The van der Waals surface area contributed by atoms with Gasteiger partial charge in [0.25, 0.3) is 0 Å². The molecule has 18 heavy (non-hydrogen) atoms. The van der Waals surface area contributed by atoms with Gasteiger partial charge in [0.2, 0.25) is 0 Å². The Labute approximate surface area is 109 Å². The molecular weight excluding hydrogens is 228 g/mol. The summed E-state index contributed by atoms with van der Waals surface area (Å²) in [5.41, 5.74) is 3.72. The minimum Gasteiger partial charge on any atom is -0.493 e. The van der Waals surface area contributed by atoms with Gasteiger partial charge in [-0.3, -0.25) is 0 Å². The minimum absolute atomic E-state index is 0.0926. The lowest BCUT2D eigenvalue weighted by Crippen LogP contribution is -2.26. The Morgan fingerprint density at radius 3 is 2.61 bits per heavy atom. The fourth-order valence-electron chi connectivity index (χ4n) is 2.12. The maximum Gasteiger partial charge on any atom is 0.160 e. The van der Waals surface area contributed by atoms with Crippen LogP contribution in [-0.4, -0.2) is 26.1 Å². The predicted octanol–water partition coefficient (Wildman–Crippen LogP) is 3.14. The highest BCUT2D eigenvalue weighted by Crippen LogP contribution is 2.23. The summed E-state index contributed by atoms with van der Waals surface area (Å²) in [5, 5.41) is 0. The summed E-state index contributed by atoms with van der Waals surface area (Å²) in [5.74, 6) is 0.975. The van der Waals surface area contributed by atoms with Crippen LogP contribution in [0, 0.1) is 20.8 Å². The van der Waals surface area contributed by atoms with E-state index in [2.05, 4.69) is 32.9 Å². The minimum atomic E-state index is -0.0926. The van der Waals surface area contributed by atoms with Gasteiger partial charge < -0.3 is 14.2 Å². The third kappa shape index (κ3) is 3.47. The van der Waals surface area contributed by atoms with E-state index >= 15 is 0 Å². The van der Waals surface area contributed by atoms with Crippen LogP contribution in [0.4, 0.5) is 0 Å². The van der Waals surface area contributed by atoms with Crippen molar-refractivity contribution in [3.8, 4) is 5.75 Å². The fourth-order valence-corrected chi connectivity index (χ4v) is 2.12. The first-order chi connectivity index (χ1) is 8.66. The number of benzene rings is 1. The molecule has 0 radical (unpaired) electrons. The lowest BCUT2D eigenvalue weighted by Gasteiger charge is -2.23. The highest BCUT2D eigenvalue weighted by molar-refractivity contribution is 5.41. The van der Waals surface area contributed by atoms with Gasteiger partial charge in [0.15, 0.2) is 6.29 Å². The average Bonchev–Trinajstić information content (AvgIpc) is 2.36. The number of aryl methyl sites for hydroxylation is 2. The normalized spacial score (nSPS) is 16.8. The largest absolute Gasteiger partial charge is 0.493 e. The molecule has 1 aromatic carbocycles. The number of rotatable bonds is 4. The number of ether oxygens (including phenoxy) is 3. The molecule has 0 aromatic heterocycles. The van der Waals surface area contributed by atoms with Crippen molar-refractivity contribution < 1.29 is 14.2 Å². The molecule has 100 valence electrons. The van der Waals surface area contributed by atoms with Crippen molar-refractivity contribution in [2.24, 2.45) is 0 Å². The van der Waals surface area contributed by atoms with Crippen molar-refractivity contribution in [3.63, 3.8) is 0 Å². The second-order valence-corrected chi connectivity index (χ2v) is 4.87. The third-order valence-corrected chi connectivity index (χ3v) is 3.27. The highest BCUT2D eigenvalue weighted by Gasteiger charge is 2.14. The summed E-state index contributed by atoms with van der Waals surface area (Å²) in [6.45, 7) is 8.53. The van der Waals surface area contributed by atoms with Crippen LogP contribution in [0.25, 0.3) is 0 Å². The zero-order chi connectivity index (χ0) is 13.0. The Morgan fingerprint density at radius 1 is 1.17 bits per heavy atom. The van der Waals surface area contributed by atoms with E-state index in [9.17, 15) is 0 Å². The molecule has 1 aromatic rings. The molecule has 2 rings (SSSR count). The lowest BCUT2D eigenvalue weighted by molar-refractivity contribution is -0.183. The van der Waals surface area contributed by atoms with Crippen LogP contribution in [0.2, 0.25) is 0 Å². The second-order valence-electron chi connectivity index (χ2n) is 4.87. The monoisotopic (exact) mass is 250 g/mol. The van der Waals surface area contributed by atoms with Crippen LogP contribution >= 0.6 is 0 Å². The summed E-state index contributed by atoms with van der Waals surface area (Å²) in [7, 11) is 0. The molecular formula is C15H22O3. The molecule has 0 spiro atoms. The second kappa shape index (κ2) is 6.21. The standard InChI is InChI=1S/C15H22O3/c1-11-9-12(2)13(3)14(10-11)16-8-5-15-17-6-4-7-18-15/h9-10,15H,4-8H2,1-3H3. The van der Waals surface area contributed by atoms with Crippen LogP contribution in [-0.2, 0) is 9.47 Å². The summed E-state index contributed by atoms with van der Waals surface area (Å²) in [6.07, 6.45) is 1.69. The summed E-state index contributed by atoms with van der Waals surface area (Å²) in [6, 6.07) is 4.26.